The molecule has 2 heterocycles. The summed E-state index contributed by atoms with van der Waals surface area (Å²) >= 11 is 0. The number of anilines is 2. The molecule has 1 aliphatic carbocycles. The van der Waals surface area contributed by atoms with Gasteiger partial charge < -0.3 is 19.3 Å². The third-order valence-electron chi connectivity index (χ3n) is 6.96. The van der Waals surface area contributed by atoms with Crippen molar-refractivity contribution in [3.05, 3.63) is 84.6 Å². The Hall–Kier alpha value is -3.93. The summed E-state index contributed by atoms with van der Waals surface area (Å²) in [5, 5.41) is 5.05. The zero-order valence-corrected chi connectivity index (χ0v) is 20.2. The second kappa shape index (κ2) is 9.02. The highest BCUT2D eigenvalue weighted by Crippen LogP contribution is 2.41. The molecule has 35 heavy (non-hydrogen) atoms. The van der Waals surface area contributed by atoms with Crippen LogP contribution in [0, 0.1) is 0 Å². The lowest BCUT2D eigenvalue weighted by Crippen LogP contribution is -2.41. The molecule has 6 nitrogen and oxygen atoms in total. The molecule has 0 atom stereocenters. The van der Waals surface area contributed by atoms with Crippen molar-refractivity contribution in [3.8, 4) is 28.4 Å². The average molecular weight is 467 g/mol. The lowest BCUT2D eigenvalue weighted by Gasteiger charge is -2.39. The molecule has 1 fully saturated rings. The Balaban J connectivity index is 1.43. The number of fused-ring (bicyclic) bond motifs is 1. The molecule has 0 spiro atoms. The molecule has 1 aromatic heterocycles. The maximum Gasteiger partial charge on any atom is 0.128 e. The number of benzene rings is 3. The van der Waals surface area contributed by atoms with Crippen molar-refractivity contribution < 1.29 is 9.47 Å². The largest absolute Gasteiger partial charge is 0.497 e. The molecule has 0 bridgehead atoms. The molecule has 4 aromatic rings. The predicted octanol–water partition coefficient (Wildman–Crippen LogP) is 5.55. The van der Waals surface area contributed by atoms with Gasteiger partial charge in [0, 0.05) is 43.0 Å². The zero-order valence-electron chi connectivity index (χ0n) is 20.2. The van der Waals surface area contributed by atoms with E-state index in [1.807, 2.05) is 41.1 Å². The zero-order chi connectivity index (χ0) is 23.8. The first-order valence-electron chi connectivity index (χ1n) is 12.2. The monoisotopic (exact) mass is 466 g/mol. The summed E-state index contributed by atoms with van der Waals surface area (Å²) in [6.07, 6.45) is 4.76. The standard InChI is InChI=1S/C29H30N4O2/c1-34-24-14-15-28(35-2)25(18-24)29-21(20-33(30-29)23-8-4-3-5-9-23)19-31-16-17-32(22-12-13-22)27-11-7-6-10-26(27)31/h3-11,14-15,18,20,22H,12-13,16-17,19H2,1-2H3. The van der Waals surface area contributed by atoms with Crippen LogP contribution in [0.4, 0.5) is 11.4 Å². The fourth-order valence-electron chi connectivity index (χ4n) is 5.04. The maximum absolute atomic E-state index is 5.74. The second-order valence-electron chi connectivity index (χ2n) is 9.18. The van der Waals surface area contributed by atoms with Gasteiger partial charge in [0.15, 0.2) is 0 Å². The van der Waals surface area contributed by atoms with Gasteiger partial charge in [0.25, 0.3) is 0 Å². The number of hydrogen-bond acceptors (Lipinski definition) is 5. The van der Waals surface area contributed by atoms with Gasteiger partial charge >= 0.3 is 0 Å². The summed E-state index contributed by atoms with van der Waals surface area (Å²) in [6.45, 7) is 2.79. The van der Waals surface area contributed by atoms with Crippen molar-refractivity contribution >= 4 is 11.4 Å². The smallest absolute Gasteiger partial charge is 0.128 e. The van der Waals surface area contributed by atoms with Gasteiger partial charge in [0.2, 0.25) is 0 Å². The van der Waals surface area contributed by atoms with E-state index in [4.69, 9.17) is 14.6 Å². The summed E-state index contributed by atoms with van der Waals surface area (Å²) in [7, 11) is 3.39. The van der Waals surface area contributed by atoms with Crippen molar-refractivity contribution in [1.82, 2.24) is 9.78 Å². The van der Waals surface area contributed by atoms with E-state index < -0.39 is 0 Å². The molecule has 0 N–H and O–H groups in total. The molecule has 0 radical (unpaired) electrons. The van der Waals surface area contributed by atoms with Gasteiger partial charge in [-0.15, -0.1) is 0 Å². The SMILES string of the molecule is COc1ccc(OC)c(-c2nn(-c3ccccc3)cc2CN2CCN(C3CC3)c3ccccc32)c1. The molecule has 6 heteroatoms. The number of para-hydroxylation sites is 3. The highest BCUT2D eigenvalue weighted by molar-refractivity contribution is 5.76. The van der Waals surface area contributed by atoms with Gasteiger partial charge in [-0.05, 0) is 55.3 Å². The lowest BCUT2D eigenvalue weighted by atomic mass is 10.0. The van der Waals surface area contributed by atoms with E-state index in [0.29, 0.717) is 6.04 Å². The van der Waals surface area contributed by atoms with Gasteiger partial charge in [-0.25, -0.2) is 4.68 Å². The number of hydrogen-bond donors (Lipinski definition) is 0. The fraction of sp³-hybridized carbons (Fsp3) is 0.276. The summed E-state index contributed by atoms with van der Waals surface area (Å²) in [5.74, 6) is 1.56. The van der Waals surface area contributed by atoms with Crippen LogP contribution in [0.25, 0.3) is 16.9 Å². The summed E-state index contributed by atoms with van der Waals surface area (Å²) in [5.41, 5.74) is 6.66. The Morgan fingerprint density at radius 3 is 2.37 bits per heavy atom. The van der Waals surface area contributed by atoms with Gasteiger partial charge in [-0.1, -0.05) is 30.3 Å². The third-order valence-corrected chi connectivity index (χ3v) is 6.96. The number of methoxy groups -OCH3 is 2. The summed E-state index contributed by atoms with van der Waals surface area (Å²) in [6, 6.07) is 25.6. The molecule has 0 amide bonds. The lowest BCUT2D eigenvalue weighted by molar-refractivity contribution is 0.404. The normalized spacial score (nSPS) is 15.1. The first kappa shape index (κ1) is 21.6. The van der Waals surface area contributed by atoms with Crippen LogP contribution in [0.5, 0.6) is 11.5 Å². The van der Waals surface area contributed by atoms with Gasteiger partial charge in [0.1, 0.15) is 17.2 Å². The topological polar surface area (TPSA) is 42.8 Å². The van der Waals surface area contributed by atoms with Gasteiger partial charge in [0.05, 0.1) is 31.3 Å². The van der Waals surface area contributed by atoms with E-state index in [1.165, 1.54) is 24.2 Å². The first-order valence-corrected chi connectivity index (χ1v) is 12.2. The minimum Gasteiger partial charge on any atom is -0.497 e. The van der Waals surface area contributed by atoms with Crippen molar-refractivity contribution in [2.75, 3.05) is 37.1 Å². The van der Waals surface area contributed by atoms with Crippen LogP contribution >= 0.6 is 0 Å². The first-order chi connectivity index (χ1) is 17.2. The van der Waals surface area contributed by atoms with Crippen molar-refractivity contribution in [1.29, 1.82) is 0 Å². The Morgan fingerprint density at radius 2 is 1.63 bits per heavy atom. The van der Waals surface area contributed by atoms with E-state index in [-0.39, 0.29) is 0 Å². The Morgan fingerprint density at radius 1 is 0.857 bits per heavy atom. The number of nitrogens with zero attached hydrogens (tertiary/aromatic N) is 4. The van der Waals surface area contributed by atoms with Crippen LogP contribution in [0.1, 0.15) is 18.4 Å². The van der Waals surface area contributed by atoms with Gasteiger partial charge in [-0.2, -0.15) is 5.10 Å². The van der Waals surface area contributed by atoms with Gasteiger partial charge in [-0.3, -0.25) is 0 Å². The van der Waals surface area contributed by atoms with Crippen LogP contribution in [0.2, 0.25) is 0 Å². The van der Waals surface area contributed by atoms with Crippen molar-refractivity contribution in [2.24, 2.45) is 0 Å². The molecular weight excluding hydrogens is 436 g/mol. The maximum atomic E-state index is 5.74. The molecule has 0 saturated heterocycles. The number of rotatable bonds is 7. The summed E-state index contributed by atoms with van der Waals surface area (Å²) in [4.78, 5) is 5.07. The third kappa shape index (κ3) is 4.09. The quantitative estimate of drug-likeness (QED) is 0.358. The van der Waals surface area contributed by atoms with Crippen LogP contribution in [-0.4, -0.2) is 43.1 Å². The molecule has 0 unspecified atom stereocenters. The van der Waals surface area contributed by atoms with E-state index in [2.05, 4.69) is 52.4 Å². The molecular formula is C29H30N4O2. The molecule has 1 aliphatic heterocycles. The molecule has 2 aliphatic rings. The fourth-order valence-corrected chi connectivity index (χ4v) is 5.04. The molecule has 3 aromatic carbocycles. The Labute approximate surface area is 206 Å². The van der Waals surface area contributed by atoms with E-state index in [1.54, 1.807) is 14.2 Å². The van der Waals surface area contributed by atoms with Crippen molar-refractivity contribution in [3.63, 3.8) is 0 Å². The Bertz CT molecular complexity index is 1330. The molecule has 1 saturated carbocycles. The molecule has 178 valence electrons. The number of aromatic nitrogens is 2. The average Bonchev–Trinajstić information content (AvgIpc) is 3.68. The highest BCUT2D eigenvalue weighted by Gasteiger charge is 2.34. The van der Waals surface area contributed by atoms with Crippen molar-refractivity contribution in [2.45, 2.75) is 25.4 Å². The Kier molecular flexibility index (Phi) is 5.57. The van der Waals surface area contributed by atoms with E-state index in [9.17, 15) is 0 Å². The van der Waals surface area contributed by atoms with E-state index in [0.717, 1.165) is 53.6 Å². The minimum absolute atomic E-state index is 0.704. The van der Waals surface area contributed by atoms with Crippen LogP contribution in [-0.2, 0) is 6.54 Å². The van der Waals surface area contributed by atoms with E-state index >= 15 is 0 Å². The second-order valence-corrected chi connectivity index (χ2v) is 9.18. The highest BCUT2D eigenvalue weighted by atomic mass is 16.5. The van der Waals surface area contributed by atoms with Crippen LogP contribution in [0.15, 0.2) is 79.0 Å². The van der Waals surface area contributed by atoms with Crippen LogP contribution in [0.3, 0.4) is 0 Å². The predicted molar refractivity (Wildman–Crippen MR) is 140 cm³/mol. The minimum atomic E-state index is 0.704. The molecule has 6 rings (SSSR count). The van der Waals surface area contributed by atoms with Crippen LogP contribution < -0.4 is 19.3 Å². The summed E-state index contributed by atoms with van der Waals surface area (Å²) < 4.78 is 13.2. The number of ether oxygens (including phenoxy) is 2.